The summed E-state index contributed by atoms with van der Waals surface area (Å²) in [5.41, 5.74) is 2.33. The van der Waals surface area contributed by atoms with Gasteiger partial charge in [-0.1, -0.05) is 42.3 Å². The first kappa shape index (κ1) is 22.2. The standard InChI is InChI=1S/C21H25Cl2N3O2/c1-4-5-19(27)25-20-17(12-15(22)13-18(20)23)21(28)24-16-8-6-14(7-9-16)10-11-26(2)3/h6-9,12-13H,4-5,10-11H2,1-3H3,(H,24,28)(H,25,27). The molecule has 2 N–H and O–H groups in total. The van der Waals surface area contributed by atoms with E-state index in [9.17, 15) is 9.59 Å². The van der Waals surface area contributed by atoms with Gasteiger partial charge in [-0.05, 0) is 56.8 Å². The smallest absolute Gasteiger partial charge is 0.257 e. The Morgan fingerprint density at radius 2 is 1.71 bits per heavy atom. The Morgan fingerprint density at radius 3 is 2.32 bits per heavy atom. The Hall–Kier alpha value is -2.08. The molecule has 0 aliphatic heterocycles. The molecular weight excluding hydrogens is 397 g/mol. The molecule has 7 heteroatoms. The highest BCUT2D eigenvalue weighted by molar-refractivity contribution is 6.38. The summed E-state index contributed by atoms with van der Waals surface area (Å²) in [5.74, 6) is -0.594. The van der Waals surface area contributed by atoms with E-state index in [0.717, 1.165) is 13.0 Å². The fourth-order valence-electron chi connectivity index (χ4n) is 2.61. The summed E-state index contributed by atoms with van der Waals surface area (Å²) in [6.45, 7) is 2.85. The molecule has 0 saturated heterocycles. The molecule has 2 amide bonds. The number of nitrogens with zero attached hydrogens (tertiary/aromatic N) is 1. The van der Waals surface area contributed by atoms with Crippen LogP contribution in [0.25, 0.3) is 0 Å². The molecule has 2 rings (SSSR count). The van der Waals surface area contributed by atoms with Crippen LogP contribution in [0.2, 0.25) is 10.0 Å². The molecule has 0 bridgehead atoms. The lowest BCUT2D eigenvalue weighted by Gasteiger charge is -2.14. The maximum absolute atomic E-state index is 12.8. The van der Waals surface area contributed by atoms with Crippen LogP contribution in [-0.2, 0) is 11.2 Å². The third-order valence-electron chi connectivity index (χ3n) is 4.10. The number of amides is 2. The van der Waals surface area contributed by atoms with Crippen LogP contribution >= 0.6 is 23.2 Å². The fraction of sp³-hybridized carbons (Fsp3) is 0.333. The molecule has 2 aromatic carbocycles. The zero-order chi connectivity index (χ0) is 20.7. The van der Waals surface area contributed by atoms with Crippen LogP contribution in [-0.4, -0.2) is 37.4 Å². The maximum atomic E-state index is 12.8. The summed E-state index contributed by atoms with van der Waals surface area (Å²) in [7, 11) is 4.06. The largest absolute Gasteiger partial charge is 0.324 e. The lowest BCUT2D eigenvalue weighted by Crippen LogP contribution is -2.18. The van der Waals surface area contributed by atoms with E-state index >= 15 is 0 Å². The SMILES string of the molecule is CCCC(=O)Nc1c(Cl)cc(Cl)cc1C(=O)Nc1ccc(CCN(C)C)cc1. The minimum atomic E-state index is -0.391. The Morgan fingerprint density at radius 1 is 1.04 bits per heavy atom. The van der Waals surface area contributed by atoms with Crippen LogP contribution in [0, 0.1) is 0 Å². The summed E-state index contributed by atoms with van der Waals surface area (Å²) in [5, 5.41) is 6.09. The zero-order valence-corrected chi connectivity index (χ0v) is 17.8. The highest BCUT2D eigenvalue weighted by Gasteiger charge is 2.18. The van der Waals surface area contributed by atoms with E-state index in [-0.39, 0.29) is 22.2 Å². The monoisotopic (exact) mass is 421 g/mol. The highest BCUT2D eigenvalue weighted by Crippen LogP contribution is 2.31. The lowest BCUT2D eigenvalue weighted by molar-refractivity contribution is -0.116. The Bertz CT molecular complexity index is 836. The first-order valence-corrected chi connectivity index (χ1v) is 9.89. The fourth-order valence-corrected chi connectivity index (χ4v) is 3.16. The van der Waals surface area contributed by atoms with Gasteiger partial charge in [0.15, 0.2) is 0 Å². The number of rotatable bonds is 8. The van der Waals surface area contributed by atoms with E-state index in [0.29, 0.717) is 23.6 Å². The number of likely N-dealkylation sites (N-methyl/N-ethyl adjacent to an activating group) is 1. The molecule has 0 atom stereocenters. The summed E-state index contributed by atoms with van der Waals surface area (Å²) in [4.78, 5) is 26.9. The molecule has 0 spiro atoms. The number of anilines is 2. The van der Waals surface area contributed by atoms with Gasteiger partial charge in [0.05, 0.1) is 16.3 Å². The lowest BCUT2D eigenvalue weighted by atomic mass is 10.1. The minimum absolute atomic E-state index is 0.203. The van der Waals surface area contributed by atoms with Gasteiger partial charge in [-0.15, -0.1) is 0 Å². The summed E-state index contributed by atoms with van der Waals surface area (Å²) < 4.78 is 0. The molecule has 0 aromatic heterocycles. The average Bonchev–Trinajstić information content (AvgIpc) is 2.63. The predicted octanol–water partition coefficient (Wildman–Crippen LogP) is 5.09. The molecule has 0 fully saturated rings. The van der Waals surface area contributed by atoms with Crippen LogP contribution in [0.3, 0.4) is 0 Å². The Kier molecular flexibility index (Phi) is 8.30. The molecule has 0 unspecified atom stereocenters. The minimum Gasteiger partial charge on any atom is -0.324 e. The van der Waals surface area contributed by atoms with E-state index < -0.39 is 5.91 Å². The first-order valence-electron chi connectivity index (χ1n) is 9.14. The third kappa shape index (κ3) is 6.51. The molecule has 0 saturated carbocycles. The molecule has 28 heavy (non-hydrogen) atoms. The van der Waals surface area contributed by atoms with Crippen molar-refractivity contribution >= 4 is 46.4 Å². The van der Waals surface area contributed by atoms with Gasteiger partial charge in [-0.3, -0.25) is 9.59 Å². The molecular formula is C21H25Cl2N3O2. The molecule has 5 nitrogen and oxygen atoms in total. The summed E-state index contributed by atoms with van der Waals surface area (Å²) in [6, 6.07) is 10.7. The van der Waals surface area contributed by atoms with Crippen LogP contribution in [0.1, 0.15) is 35.7 Å². The van der Waals surface area contributed by atoms with Gasteiger partial charge in [0, 0.05) is 23.7 Å². The average molecular weight is 422 g/mol. The highest BCUT2D eigenvalue weighted by atomic mass is 35.5. The van der Waals surface area contributed by atoms with Crippen LogP contribution in [0.5, 0.6) is 0 Å². The van der Waals surface area contributed by atoms with Crippen LogP contribution in [0.4, 0.5) is 11.4 Å². The molecule has 0 heterocycles. The molecule has 2 aromatic rings. The Labute approximate surface area is 176 Å². The van der Waals surface area contributed by atoms with Gasteiger partial charge in [0.1, 0.15) is 0 Å². The number of hydrogen-bond acceptors (Lipinski definition) is 3. The van der Waals surface area contributed by atoms with Crippen molar-refractivity contribution in [2.75, 3.05) is 31.3 Å². The molecule has 0 aliphatic carbocycles. The van der Waals surface area contributed by atoms with Crippen molar-refractivity contribution in [1.82, 2.24) is 4.90 Å². The van der Waals surface area contributed by atoms with Crippen LogP contribution < -0.4 is 10.6 Å². The zero-order valence-electron chi connectivity index (χ0n) is 16.3. The second kappa shape index (κ2) is 10.5. The molecule has 150 valence electrons. The maximum Gasteiger partial charge on any atom is 0.257 e. The van der Waals surface area contributed by atoms with Crippen molar-refractivity contribution in [3.05, 3.63) is 57.6 Å². The van der Waals surface area contributed by atoms with E-state index in [1.54, 1.807) is 0 Å². The van der Waals surface area contributed by atoms with Gasteiger partial charge in [0.25, 0.3) is 5.91 Å². The normalized spacial score (nSPS) is 10.8. The van der Waals surface area contributed by atoms with Crippen molar-refractivity contribution in [3.63, 3.8) is 0 Å². The molecule has 0 aliphatic rings. The van der Waals surface area contributed by atoms with Gasteiger partial charge in [-0.2, -0.15) is 0 Å². The molecule has 0 radical (unpaired) electrons. The van der Waals surface area contributed by atoms with Gasteiger partial charge in [-0.25, -0.2) is 0 Å². The number of nitrogens with one attached hydrogen (secondary N) is 2. The first-order chi connectivity index (χ1) is 13.3. The van der Waals surface area contributed by atoms with E-state index in [2.05, 4.69) is 15.5 Å². The van der Waals surface area contributed by atoms with Crippen molar-refractivity contribution in [3.8, 4) is 0 Å². The number of benzene rings is 2. The van der Waals surface area contributed by atoms with E-state index in [1.165, 1.54) is 17.7 Å². The second-order valence-corrected chi connectivity index (χ2v) is 7.66. The van der Waals surface area contributed by atoms with Crippen molar-refractivity contribution in [2.24, 2.45) is 0 Å². The van der Waals surface area contributed by atoms with Gasteiger partial charge >= 0.3 is 0 Å². The van der Waals surface area contributed by atoms with Gasteiger partial charge in [0.2, 0.25) is 5.91 Å². The summed E-state index contributed by atoms with van der Waals surface area (Å²) in [6.07, 6.45) is 1.96. The third-order valence-corrected chi connectivity index (χ3v) is 4.62. The summed E-state index contributed by atoms with van der Waals surface area (Å²) >= 11 is 12.3. The van der Waals surface area contributed by atoms with Crippen molar-refractivity contribution in [1.29, 1.82) is 0 Å². The van der Waals surface area contributed by atoms with Crippen molar-refractivity contribution in [2.45, 2.75) is 26.2 Å². The number of carbonyl (C=O) groups is 2. The quantitative estimate of drug-likeness (QED) is 0.623. The van der Waals surface area contributed by atoms with E-state index in [4.69, 9.17) is 23.2 Å². The Balaban J connectivity index is 2.18. The predicted molar refractivity (Wildman–Crippen MR) is 117 cm³/mol. The van der Waals surface area contributed by atoms with Gasteiger partial charge < -0.3 is 15.5 Å². The van der Waals surface area contributed by atoms with Crippen molar-refractivity contribution < 1.29 is 9.59 Å². The van der Waals surface area contributed by atoms with Crippen LogP contribution in [0.15, 0.2) is 36.4 Å². The topological polar surface area (TPSA) is 61.4 Å². The number of hydrogen-bond donors (Lipinski definition) is 2. The van der Waals surface area contributed by atoms with E-state index in [1.807, 2.05) is 45.3 Å². The second-order valence-electron chi connectivity index (χ2n) is 6.81. The number of halogens is 2. The number of carbonyl (C=O) groups excluding carboxylic acids is 2.